The maximum atomic E-state index is 12.4. The van der Waals surface area contributed by atoms with Crippen LogP contribution in [0.25, 0.3) is 0 Å². The number of carbonyl (C=O) groups is 2. The van der Waals surface area contributed by atoms with Gasteiger partial charge in [-0.1, -0.05) is 77.9 Å². The Balaban J connectivity index is 1.50. The van der Waals surface area contributed by atoms with Gasteiger partial charge >= 0.3 is 0 Å². The van der Waals surface area contributed by atoms with E-state index in [1.165, 1.54) is 0 Å². The monoisotopic (exact) mass is 488 g/mol. The molecule has 0 spiro atoms. The molecular weight excluding hydrogens is 452 g/mol. The van der Waals surface area contributed by atoms with Gasteiger partial charge in [0.15, 0.2) is 13.2 Å². The second-order valence-corrected chi connectivity index (χ2v) is 10.7. The van der Waals surface area contributed by atoms with Gasteiger partial charge < -0.3 is 20.1 Å². The van der Waals surface area contributed by atoms with Gasteiger partial charge in [-0.05, 0) is 58.4 Å². The van der Waals surface area contributed by atoms with Gasteiger partial charge in [0, 0.05) is 11.4 Å². The Bertz CT molecular complexity index is 1090. The van der Waals surface area contributed by atoms with Crippen molar-refractivity contribution in [3.8, 4) is 11.5 Å². The van der Waals surface area contributed by atoms with Crippen LogP contribution in [0.2, 0.25) is 0 Å². The molecule has 0 saturated carbocycles. The quantitative estimate of drug-likeness (QED) is 0.389. The van der Waals surface area contributed by atoms with Gasteiger partial charge in [0.05, 0.1) is 0 Å². The van der Waals surface area contributed by atoms with Gasteiger partial charge in [-0.2, -0.15) is 0 Å². The molecule has 0 unspecified atom stereocenters. The van der Waals surface area contributed by atoms with Crippen LogP contribution in [0.15, 0.2) is 72.8 Å². The van der Waals surface area contributed by atoms with Crippen molar-refractivity contribution >= 4 is 23.2 Å². The molecule has 0 fully saturated rings. The van der Waals surface area contributed by atoms with Gasteiger partial charge in [0.25, 0.3) is 11.8 Å². The van der Waals surface area contributed by atoms with Gasteiger partial charge in [-0.3, -0.25) is 9.59 Å². The molecule has 2 amide bonds. The average Bonchev–Trinajstić information content (AvgIpc) is 2.82. The zero-order valence-corrected chi connectivity index (χ0v) is 22.0. The largest absolute Gasteiger partial charge is 0.483 e. The second kappa shape index (κ2) is 11.3. The zero-order valence-electron chi connectivity index (χ0n) is 22.0. The van der Waals surface area contributed by atoms with Crippen molar-refractivity contribution in [3.63, 3.8) is 0 Å². The van der Waals surface area contributed by atoms with Crippen molar-refractivity contribution in [1.82, 2.24) is 0 Å². The molecule has 0 saturated heterocycles. The van der Waals surface area contributed by atoms with E-state index < -0.39 is 0 Å². The Morgan fingerprint density at radius 1 is 0.583 bits per heavy atom. The molecule has 3 aromatic rings. The molecule has 6 nitrogen and oxygen atoms in total. The van der Waals surface area contributed by atoms with Crippen molar-refractivity contribution in [2.24, 2.45) is 0 Å². The van der Waals surface area contributed by atoms with Crippen LogP contribution >= 0.6 is 0 Å². The van der Waals surface area contributed by atoms with Crippen molar-refractivity contribution < 1.29 is 19.1 Å². The summed E-state index contributed by atoms with van der Waals surface area (Å²) in [6.45, 7) is 12.4. The summed E-state index contributed by atoms with van der Waals surface area (Å²) in [6.07, 6.45) is 0. The molecule has 0 bridgehead atoms. The molecule has 2 N–H and O–H groups in total. The fourth-order valence-corrected chi connectivity index (χ4v) is 3.74. The maximum Gasteiger partial charge on any atom is 0.262 e. The molecule has 0 aromatic heterocycles. The number of rotatable bonds is 8. The van der Waals surface area contributed by atoms with E-state index in [2.05, 4.69) is 52.2 Å². The second-order valence-electron chi connectivity index (χ2n) is 10.7. The van der Waals surface area contributed by atoms with E-state index >= 15 is 0 Å². The normalized spacial score (nSPS) is 11.5. The van der Waals surface area contributed by atoms with Gasteiger partial charge in [0.2, 0.25) is 0 Å². The molecule has 0 aliphatic heterocycles. The lowest BCUT2D eigenvalue weighted by Crippen LogP contribution is -2.22. The molecule has 3 aromatic carbocycles. The van der Waals surface area contributed by atoms with Gasteiger partial charge in [0.1, 0.15) is 11.5 Å². The minimum atomic E-state index is -0.263. The van der Waals surface area contributed by atoms with Crippen LogP contribution < -0.4 is 20.1 Å². The van der Waals surface area contributed by atoms with Crippen LogP contribution in [-0.4, -0.2) is 25.0 Å². The molecule has 190 valence electrons. The van der Waals surface area contributed by atoms with E-state index in [1.54, 1.807) is 24.3 Å². The zero-order chi connectivity index (χ0) is 26.3. The molecule has 6 heteroatoms. The molecule has 0 aliphatic rings. The van der Waals surface area contributed by atoms with E-state index in [1.807, 2.05) is 48.5 Å². The minimum Gasteiger partial charge on any atom is -0.483 e. The topological polar surface area (TPSA) is 76.7 Å². The highest BCUT2D eigenvalue weighted by molar-refractivity contribution is 5.94. The van der Waals surface area contributed by atoms with Crippen molar-refractivity contribution in [3.05, 3.63) is 83.9 Å². The molecule has 0 radical (unpaired) electrons. The number of amides is 2. The predicted molar refractivity (Wildman–Crippen MR) is 145 cm³/mol. The van der Waals surface area contributed by atoms with Crippen molar-refractivity contribution in [2.75, 3.05) is 23.8 Å². The summed E-state index contributed by atoms with van der Waals surface area (Å²) < 4.78 is 11.6. The van der Waals surface area contributed by atoms with Crippen LogP contribution in [0.5, 0.6) is 11.5 Å². The molecular formula is C30H36N2O4. The van der Waals surface area contributed by atoms with Crippen LogP contribution in [0.1, 0.15) is 52.7 Å². The van der Waals surface area contributed by atoms with Gasteiger partial charge in [-0.15, -0.1) is 0 Å². The average molecular weight is 489 g/mol. The first kappa shape index (κ1) is 26.8. The fourth-order valence-electron chi connectivity index (χ4n) is 3.74. The lowest BCUT2D eigenvalue weighted by molar-refractivity contribution is -0.118. The number of nitrogens with one attached hydrogen (secondary N) is 2. The number of para-hydroxylation sites is 2. The Morgan fingerprint density at radius 3 is 1.25 bits per heavy atom. The number of benzene rings is 3. The standard InChI is InChI=1S/C30H36N2O4/c1-29(2,3)23-11-7-9-13-25(23)35-19-27(33)31-21-15-17-22(18-16-21)32-28(34)20-36-26-14-10-8-12-24(26)30(4,5)6/h7-18H,19-20H2,1-6H3,(H,31,33)(H,32,34). The Kier molecular flexibility index (Phi) is 8.41. The number of carbonyl (C=O) groups excluding carboxylic acids is 2. The highest BCUT2D eigenvalue weighted by Gasteiger charge is 2.20. The predicted octanol–water partition coefficient (Wildman–Crippen LogP) is 6.32. The van der Waals surface area contributed by atoms with Crippen molar-refractivity contribution in [2.45, 2.75) is 52.4 Å². The first-order valence-corrected chi connectivity index (χ1v) is 12.1. The summed E-state index contributed by atoms with van der Waals surface area (Å²) in [6, 6.07) is 22.4. The maximum absolute atomic E-state index is 12.4. The van der Waals surface area contributed by atoms with E-state index in [9.17, 15) is 9.59 Å². The first-order chi connectivity index (χ1) is 16.9. The Morgan fingerprint density at radius 2 is 0.917 bits per heavy atom. The summed E-state index contributed by atoms with van der Waals surface area (Å²) in [5.74, 6) is 0.874. The third-order valence-electron chi connectivity index (χ3n) is 5.56. The molecule has 36 heavy (non-hydrogen) atoms. The highest BCUT2D eigenvalue weighted by Crippen LogP contribution is 2.32. The number of hydrogen-bond acceptors (Lipinski definition) is 4. The lowest BCUT2D eigenvalue weighted by atomic mass is 9.86. The Labute approximate surface area is 214 Å². The molecule has 0 aliphatic carbocycles. The summed E-state index contributed by atoms with van der Waals surface area (Å²) in [5.41, 5.74) is 3.14. The summed E-state index contributed by atoms with van der Waals surface area (Å²) in [7, 11) is 0. The summed E-state index contributed by atoms with van der Waals surface area (Å²) >= 11 is 0. The van der Waals surface area contributed by atoms with E-state index in [-0.39, 0.29) is 35.9 Å². The highest BCUT2D eigenvalue weighted by atomic mass is 16.5. The summed E-state index contributed by atoms with van der Waals surface area (Å²) in [5, 5.41) is 5.63. The van der Waals surface area contributed by atoms with Crippen molar-refractivity contribution in [1.29, 1.82) is 0 Å². The van der Waals surface area contributed by atoms with E-state index in [4.69, 9.17) is 9.47 Å². The smallest absolute Gasteiger partial charge is 0.262 e. The van der Waals surface area contributed by atoms with Crippen LogP contribution in [-0.2, 0) is 20.4 Å². The molecule has 3 rings (SSSR count). The third-order valence-corrected chi connectivity index (χ3v) is 5.56. The minimum absolute atomic E-state index is 0.0889. The van der Waals surface area contributed by atoms with Crippen LogP contribution in [0.4, 0.5) is 11.4 Å². The first-order valence-electron chi connectivity index (χ1n) is 12.1. The SMILES string of the molecule is CC(C)(C)c1ccccc1OCC(=O)Nc1ccc(NC(=O)COc2ccccc2C(C)(C)C)cc1. The Hall–Kier alpha value is -3.80. The molecule has 0 atom stereocenters. The number of hydrogen-bond donors (Lipinski definition) is 2. The van der Waals surface area contributed by atoms with Gasteiger partial charge in [-0.25, -0.2) is 0 Å². The summed E-state index contributed by atoms with van der Waals surface area (Å²) in [4.78, 5) is 24.8. The van der Waals surface area contributed by atoms with E-state index in [0.717, 1.165) is 11.1 Å². The van der Waals surface area contributed by atoms with E-state index in [0.29, 0.717) is 22.9 Å². The third kappa shape index (κ3) is 7.60. The fraction of sp³-hybridized carbons (Fsp3) is 0.333. The number of anilines is 2. The number of ether oxygens (including phenoxy) is 2. The van der Waals surface area contributed by atoms with Crippen LogP contribution in [0, 0.1) is 0 Å². The molecule has 0 heterocycles. The lowest BCUT2D eigenvalue weighted by Gasteiger charge is -2.22. The van der Waals surface area contributed by atoms with Crippen LogP contribution in [0.3, 0.4) is 0 Å².